The van der Waals surface area contributed by atoms with E-state index in [1.807, 2.05) is 12.1 Å². The molecule has 228 valence electrons. The molecule has 3 rings (SSSR count). The minimum absolute atomic E-state index is 0.0379. The van der Waals surface area contributed by atoms with Crippen molar-refractivity contribution >= 4 is 17.5 Å². The number of carbonyl (C=O) groups is 2. The van der Waals surface area contributed by atoms with Crippen molar-refractivity contribution in [2.45, 2.75) is 69.1 Å². The number of nitrogens with two attached hydrogens (primary N) is 4. The van der Waals surface area contributed by atoms with Crippen molar-refractivity contribution < 1.29 is 19.8 Å². The summed E-state index contributed by atoms with van der Waals surface area (Å²) in [7, 11) is 0. The van der Waals surface area contributed by atoms with Crippen LogP contribution in [0.3, 0.4) is 0 Å². The molecule has 0 aromatic heterocycles. The number of hydrogen-bond donors (Lipinski definition) is 9. The summed E-state index contributed by atoms with van der Waals surface area (Å²) in [6.45, 7) is 8.68. The summed E-state index contributed by atoms with van der Waals surface area (Å²) in [4.78, 5) is 26.9. The first-order chi connectivity index (χ1) is 20.0. The Hall–Kier alpha value is -4.06. The maximum Gasteiger partial charge on any atom is 0.243 e. The molecule has 11 heteroatoms. The largest absolute Gasteiger partial charge is 0.511 e. The van der Waals surface area contributed by atoms with E-state index >= 15 is 0 Å². The lowest BCUT2D eigenvalue weighted by atomic mass is 9.95. The number of aliphatic hydroxyl groups excluding tert-OH is 1. The Labute approximate surface area is 247 Å². The van der Waals surface area contributed by atoms with E-state index in [2.05, 4.69) is 29.1 Å². The second-order valence-electron chi connectivity index (χ2n) is 10.8. The van der Waals surface area contributed by atoms with E-state index in [0.717, 1.165) is 17.5 Å². The first-order valence-corrected chi connectivity index (χ1v) is 14.3. The number of carbonyl (C=O) groups excluding carboxylic acids is 2. The number of hydrogen-bond acceptors (Lipinski definition) is 9. The summed E-state index contributed by atoms with van der Waals surface area (Å²) in [5, 5.41) is 29.7. The molecule has 0 saturated carbocycles. The molecule has 0 spiro atoms. The van der Waals surface area contributed by atoms with Gasteiger partial charge in [-0.2, -0.15) is 0 Å². The van der Waals surface area contributed by atoms with Crippen molar-refractivity contribution in [1.29, 1.82) is 0 Å². The molecule has 0 aliphatic carbocycles. The van der Waals surface area contributed by atoms with Gasteiger partial charge in [0.1, 0.15) is 17.6 Å². The summed E-state index contributed by atoms with van der Waals surface area (Å²) in [6, 6.07) is 7.60. The van der Waals surface area contributed by atoms with Crippen molar-refractivity contribution in [3.63, 3.8) is 0 Å². The van der Waals surface area contributed by atoms with Gasteiger partial charge in [-0.15, -0.1) is 0 Å². The second kappa shape index (κ2) is 15.2. The van der Waals surface area contributed by atoms with Crippen LogP contribution in [0, 0.1) is 0 Å². The van der Waals surface area contributed by atoms with E-state index in [1.54, 1.807) is 24.3 Å². The second-order valence-corrected chi connectivity index (χ2v) is 10.8. The molecule has 4 atom stereocenters. The highest BCUT2D eigenvalue weighted by Crippen LogP contribution is 2.30. The molecule has 11 nitrogen and oxygen atoms in total. The van der Waals surface area contributed by atoms with E-state index < -0.39 is 36.0 Å². The molecular weight excluding hydrogens is 534 g/mol. The highest BCUT2D eigenvalue weighted by atomic mass is 16.3. The fourth-order valence-corrected chi connectivity index (χ4v) is 5.00. The Balaban J connectivity index is 2.05. The van der Waals surface area contributed by atoms with E-state index in [1.165, 1.54) is 0 Å². The van der Waals surface area contributed by atoms with Crippen molar-refractivity contribution in [2.75, 3.05) is 18.8 Å². The fourth-order valence-electron chi connectivity index (χ4n) is 5.00. The Kier molecular flexibility index (Phi) is 11.8. The summed E-state index contributed by atoms with van der Waals surface area (Å²) >= 11 is 0. The zero-order valence-corrected chi connectivity index (χ0v) is 24.1. The minimum atomic E-state index is -0.949. The number of phenols is 1. The van der Waals surface area contributed by atoms with E-state index in [4.69, 9.17) is 22.9 Å². The number of anilines is 1. The van der Waals surface area contributed by atoms with Crippen LogP contribution in [0.4, 0.5) is 5.69 Å². The number of rotatable bonds is 10. The molecule has 2 aromatic carbocycles. The SMILES string of the molecule is C=C(O)[C@H](CCCCN)NC(=O)[C@@H]1Cc2cc(ccc2N)-c2ccc(O)c(c2)CC(N)C(=O)N[C@@H](CCCN)C(=C)N1. The van der Waals surface area contributed by atoms with Crippen LogP contribution in [-0.2, 0) is 22.4 Å². The highest BCUT2D eigenvalue weighted by molar-refractivity contribution is 5.84. The maximum absolute atomic E-state index is 13.7. The number of aromatic hydroxyl groups is 1. The average molecular weight is 580 g/mol. The zero-order chi connectivity index (χ0) is 30.8. The van der Waals surface area contributed by atoms with Gasteiger partial charge in [0.2, 0.25) is 11.8 Å². The van der Waals surface area contributed by atoms with E-state index in [9.17, 15) is 19.8 Å². The van der Waals surface area contributed by atoms with Crippen LogP contribution in [0.1, 0.15) is 43.2 Å². The summed E-state index contributed by atoms with van der Waals surface area (Å²) in [5.41, 5.74) is 27.8. The number of benzene rings is 2. The fraction of sp³-hybridized carbons (Fsp3) is 0.419. The standard InChI is InChI=1S/C31H45N7O4/c1-18-26(7-5-13-33)37-30(41)25(35)16-23-15-21(9-11-29(23)40)20-8-10-24(34)22(14-20)17-28(36-18)31(42)38-27(19(2)39)6-3-4-12-32/h8-11,14-15,25-28,36,39-40H,1-7,12-13,16-17,32-35H2,(H,37,41)(H,38,42)/t25?,26-,27-,28-/m0/s1. The Morgan fingerprint density at radius 1 is 1.02 bits per heavy atom. The topological polar surface area (TPSA) is 215 Å². The molecule has 2 amide bonds. The number of fused-ring (bicyclic) bond motifs is 5. The Morgan fingerprint density at radius 3 is 2.36 bits per heavy atom. The molecule has 13 N–H and O–H groups in total. The van der Waals surface area contributed by atoms with Gasteiger partial charge in [0.05, 0.1) is 18.1 Å². The average Bonchev–Trinajstić information content (AvgIpc) is 2.95. The number of unbranched alkanes of at least 4 members (excludes halogenated alkanes) is 1. The van der Waals surface area contributed by atoms with Crippen molar-refractivity contribution in [3.8, 4) is 16.9 Å². The molecule has 0 saturated heterocycles. The van der Waals surface area contributed by atoms with Gasteiger partial charge in [0.25, 0.3) is 0 Å². The number of nitrogen functional groups attached to an aromatic ring is 1. The summed E-state index contributed by atoms with van der Waals surface area (Å²) in [5.74, 6) is -0.938. The lowest BCUT2D eigenvalue weighted by Gasteiger charge is -2.29. The van der Waals surface area contributed by atoms with Gasteiger partial charge in [-0.25, -0.2) is 0 Å². The molecule has 4 bridgehead atoms. The predicted molar refractivity (Wildman–Crippen MR) is 166 cm³/mol. The Morgan fingerprint density at radius 2 is 1.69 bits per heavy atom. The monoisotopic (exact) mass is 579 g/mol. The quantitative estimate of drug-likeness (QED) is 0.113. The number of nitrogens with one attached hydrogen (secondary N) is 3. The lowest BCUT2D eigenvalue weighted by molar-refractivity contribution is -0.123. The molecule has 1 aliphatic heterocycles. The van der Waals surface area contributed by atoms with Gasteiger partial charge in [-0.3, -0.25) is 9.59 Å². The van der Waals surface area contributed by atoms with Gasteiger partial charge >= 0.3 is 0 Å². The van der Waals surface area contributed by atoms with Crippen LogP contribution in [0.25, 0.3) is 11.1 Å². The molecule has 1 unspecified atom stereocenters. The van der Waals surface area contributed by atoms with Gasteiger partial charge in [0, 0.05) is 24.2 Å². The Bertz CT molecular complexity index is 1280. The third-order valence-electron chi connectivity index (χ3n) is 7.53. The van der Waals surface area contributed by atoms with Crippen LogP contribution >= 0.6 is 0 Å². The van der Waals surface area contributed by atoms with Crippen LogP contribution in [0.2, 0.25) is 0 Å². The van der Waals surface area contributed by atoms with Gasteiger partial charge in [0.15, 0.2) is 0 Å². The minimum Gasteiger partial charge on any atom is -0.511 e. The van der Waals surface area contributed by atoms with E-state index in [0.29, 0.717) is 61.3 Å². The van der Waals surface area contributed by atoms with Crippen LogP contribution in [-0.4, -0.2) is 59.3 Å². The highest BCUT2D eigenvalue weighted by Gasteiger charge is 2.28. The van der Waals surface area contributed by atoms with Gasteiger partial charge < -0.3 is 49.1 Å². The molecule has 1 aliphatic rings. The molecule has 2 aromatic rings. The zero-order valence-electron chi connectivity index (χ0n) is 24.1. The molecular formula is C31H45N7O4. The summed E-state index contributed by atoms with van der Waals surface area (Å²) in [6.07, 6.45) is 3.25. The van der Waals surface area contributed by atoms with E-state index in [-0.39, 0.29) is 24.4 Å². The third kappa shape index (κ3) is 8.72. The van der Waals surface area contributed by atoms with Crippen molar-refractivity contribution in [2.24, 2.45) is 17.2 Å². The van der Waals surface area contributed by atoms with Gasteiger partial charge in [-0.1, -0.05) is 25.3 Å². The van der Waals surface area contributed by atoms with Gasteiger partial charge in [-0.05, 0) is 91.7 Å². The smallest absolute Gasteiger partial charge is 0.243 e. The molecule has 0 radical (unpaired) electrons. The summed E-state index contributed by atoms with van der Waals surface area (Å²) < 4.78 is 0. The number of phenolic OH excluding ortho intramolecular Hbond substituents is 1. The van der Waals surface area contributed by atoms with Crippen molar-refractivity contribution in [3.05, 3.63) is 72.1 Å². The van der Waals surface area contributed by atoms with Crippen LogP contribution in [0.15, 0.2) is 61.0 Å². The molecule has 0 fully saturated rings. The van der Waals surface area contributed by atoms with Crippen molar-refractivity contribution in [1.82, 2.24) is 16.0 Å². The number of aliphatic hydroxyl groups is 1. The number of amides is 2. The third-order valence-corrected chi connectivity index (χ3v) is 7.53. The first-order valence-electron chi connectivity index (χ1n) is 14.3. The lowest BCUT2D eigenvalue weighted by Crippen LogP contribution is -2.53. The van der Waals surface area contributed by atoms with Crippen LogP contribution in [0.5, 0.6) is 5.75 Å². The first kappa shape index (κ1) is 32.5. The molecule has 1 heterocycles. The predicted octanol–water partition coefficient (Wildman–Crippen LogP) is 1.45. The van der Waals surface area contributed by atoms with Crippen LogP contribution < -0.4 is 38.9 Å². The maximum atomic E-state index is 13.7. The molecule has 42 heavy (non-hydrogen) atoms. The normalized spacial score (nSPS) is 19.9.